The largest absolute Gasteiger partial charge is 0.416 e. The van der Waals surface area contributed by atoms with Gasteiger partial charge in [-0.15, -0.1) is 10.2 Å². The van der Waals surface area contributed by atoms with Crippen molar-refractivity contribution in [1.29, 1.82) is 0 Å². The zero-order chi connectivity index (χ0) is 25.6. The summed E-state index contributed by atoms with van der Waals surface area (Å²) in [5.74, 6) is 0.242. The van der Waals surface area contributed by atoms with Crippen LogP contribution in [-0.2, 0) is 6.54 Å². The maximum atomic E-state index is 12.8. The molecule has 8 heteroatoms. The molecule has 0 atom stereocenters. The summed E-state index contributed by atoms with van der Waals surface area (Å²) in [6, 6.07) is 27.0. The van der Waals surface area contributed by atoms with E-state index in [1.807, 2.05) is 49.4 Å². The first-order chi connectivity index (χ1) is 18.0. The van der Waals surface area contributed by atoms with Gasteiger partial charge in [-0.1, -0.05) is 29.8 Å². The molecule has 0 unspecified atom stereocenters. The molecule has 2 heterocycles. The second kappa shape index (κ2) is 10.7. The van der Waals surface area contributed by atoms with E-state index in [-0.39, 0.29) is 11.8 Å². The standard InChI is InChI=1S/C29H23N5O3/c1-19-8-10-21(11-9-19)28-33-34-29(37-28)22-14-12-20(13-15-22)27(36)32-24-7-4-5-23(17-24)26(35)31-18-25-6-2-3-16-30-25/h2-17H,18H2,1H3,(H,31,35)(H,32,36). The zero-order valence-corrected chi connectivity index (χ0v) is 20.0. The van der Waals surface area contributed by atoms with Gasteiger partial charge in [0.2, 0.25) is 11.8 Å². The molecular weight excluding hydrogens is 466 g/mol. The zero-order valence-electron chi connectivity index (χ0n) is 20.0. The molecule has 0 aliphatic carbocycles. The van der Waals surface area contributed by atoms with Crippen LogP contribution < -0.4 is 10.6 Å². The molecule has 0 aliphatic heterocycles. The number of hydrogen-bond donors (Lipinski definition) is 2. The van der Waals surface area contributed by atoms with E-state index in [1.165, 1.54) is 0 Å². The van der Waals surface area contributed by atoms with Gasteiger partial charge in [0, 0.05) is 34.1 Å². The summed E-state index contributed by atoms with van der Waals surface area (Å²) in [6.07, 6.45) is 1.68. The van der Waals surface area contributed by atoms with Crippen molar-refractivity contribution in [2.75, 3.05) is 5.32 Å². The number of benzene rings is 3. The van der Waals surface area contributed by atoms with Crippen molar-refractivity contribution >= 4 is 17.5 Å². The van der Waals surface area contributed by atoms with Crippen LogP contribution in [0.2, 0.25) is 0 Å². The second-order valence-corrected chi connectivity index (χ2v) is 8.39. The summed E-state index contributed by atoms with van der Waals surface area (Å²) < 4.78 is 5.81. The maximum Gasteiger partial charge on any atom is 0.255 e. The number of rotatable bonds is 7. The molecule has 5 rings (SSSR count). The van der Waals surface area contributed by atoms with E-state index in [2.05, 4.69) is 25.8 Å². The highest BCUT2D eigenvalue weighted by molar-refractivity contribution is 6.05. The summed E-state index contributed by atoms with van der Waals surface area (Å²) in [5, 5.41) is 13.9. The number of amides is 2. The van der Waals surface area contributed by atoms with Crippen LogP contribution in [0.15, 0.2) is 102 Å². The van der Waals surface area contributed by atoms with Gasteiger partial charge in [-0.05, 0) is 73.7 Å². The number of carbonyl (C=O) groups excluding carboxylic acids is 2. The van der Waals surface area contributed by atoms with Crippen molar-refractivity contribution < 1.29 is 14.0 Å². The van der Waals surface area contributed by atoms with Gasteiger partial charge in [0.1, 0.15) is 0 Å². The number of nitrogens with zero attached hydrogens (tertiary/aromatic N) is 3. The first-order valence-corrected chi connectivity index (χ1v) is 11.7. The molecular formula is C29H23N5O3. The highest BCUT2D eigenvalue weighted by atomic mass is 16.4. The molecule has 5 aromatic rings. The van der Waals surface area contributed by atoms with Crippen LogP contribution in [0.3, 0.4) is 0 Å². The Hall–Kier alpha value is -5.11. The first kappa shape index (κ1) is 23.6. The van der Waals surface area contributed by atoms with E-state index < -0.39 is 0 Å². The number of aryl methyl sites for hydroxylation is 1. The lowest BCUT2D eigenvalue weighted by molar-refractivity contribution is 0.0949. The van der Waals surface area contributed by atoms with Crippen LogP contribution in [0.25, 0.3) is 22.9 Å². The quantitative estimate of drug-likeness (QED) is 0.321. The number of pyridine rings is 1. The number of anilines is 1. The highest BCUT2D eigenvalue weighted by Crippen LogP contribution is 2.24. The molecule has 0 saturated carbocycles. The Morgan fingerprint density at radius 3 is 2.14 bits per heavy atom. The smallest absolute Gasteiger partial charge is 0.255 e. The lowest BCUT2D eigenvalue weighted by atomic mass is 10.1. The van der Waals surface area contributed by atoms with E-state index in [0.717, 1.165) is 16.8 Å². The maximum absolute atomic E-state index is 12.8. The Morgan fingerprint density at radius 2 is 1.46 bits per heavy atom. The predicted molar refractivity (Wildman–Crippen MR) is 140 cm³/mol. The summed E-state index contributed by atoms with van der Waals surface area (Å²) in [5.41, 5.74) is 4.85. The first-order valence-electron chi connectivity index (χ1n) is 11.7. The normalized spacial score (nSPS) is 10.6. The Bertz CT molecular complexity index is 1530. The van der Waals surface area contributed by atoms with Gasteiger partial charge < -0.3 is 15.1 Å². The molecule has 8 nitrogen and oxygen atoms in total. The Labute approximate surface area is 213 Å². The molecule has 0 bridgehead atoms. The number of hydrogen-bond acceptors (Lipinski definition) is 6. The Morgan fingerprint density at radius 1 is 0.757 bits per heavy atom. The molecule has 0 saturated heterocycles. The van der Waals surface area contributed by atoms with Gasteiger partial charge in [-0.25, -0.2) is 0 Å². The van der Waals surface area contributed by atoms with Gasteiger partial charge in [-0.2, -0.15) is 0 Å². The van der Waals surface area contributed by atoms with Gasteiger partial charge >= 0.3 is 0 Å². The number of carbonyl (C=O) groups is 2. The van der Waals surface area contributed by atoms with Gasteiger partial charge in [0.15, 0.2) is 0 Å². The second-order valence-electron chi connectivity index (χ2n) is 8.39. The van der Waals surface area contributed by atoms with Crippen LogP contribution >= 0.6 is 0 Å². The SMILES string of the molecule is Cc1ccc(-c2nnc(-c3ccc(C(=O)Nc4cccc(C(=O)NCc5ccccn5)c4)cc3)o2)cc1. The van der Waals surface area contributed by atoms with E-state index in [4.69, 9.17) is 4.42 Å². The van der Waals surface area contributed by atoms with E-state index in [1.54, 1.807) is 54.7 Å². The van der Waals surface area contributed by atoms with Gasteiger partial charge in [0.25, 0.3) is 11.8 Å². The fourth-order valence-corrected chi connectivity index (χ4v) is 3.63. The van der Waals surface area contributed by atoms with Crippen LogP contribution in [0.4, 0.5) is 5.69 Å². The lowest BCUT2D eigenvalue weighted by Crippen LogP contribution is -2.23. The minimum atomic E-state index is -0.302. The monoisotopic (exact) mass is 489 g/mol. The van der Waals surface area contributed by atoms with Crippen LogP contribution in [-0.4, -0.2) is 27.0 Å². The van der Waals surface area contributed by atoms with Gasteiger partial charge in [0.05, 0.1) is 12.2 Å². The molecule has 0 spiro atoms. The summed E-state index contributed by atoms with van der Waals surface area (Å²) >= 11 is 0. The molecule has 0 fully saturated rings. The molecule has 2 amide bonds. The molecule has 0 aliphatic rings. The van der Waals surface area contributed by atoms with Crippen molar-refractivity contribution in [2.45, 2.75) is 13.5 Å². The topological polar surface area (TPSA) is 110 Å². The predicted octanol–water partition coefficient (Wildman–Crippen LogP) is 5.29. The Kier molecular flexibility index (Phi) is 6.80. The molecule has 182 valence electrons. The van der Waals surface area contributed by atoms with Crippen LogP contribution in [0, 0.1) is 6.92 Å². The average Bonchev–Trinajstić information content (AvgIpc) is 3.43. The van der Waals surface area contributed by atoms with E-state index in [0.29, 0.717) is 40.7 Å². The van der Waals surface area contributed by atoms with E-state index in [9.17, 15) is 9.59 Å². The summed E-state index contributed by atoms with van der Waals surface area (Å²) in [7, 11) is 0. The number of nitrogens with one attached hydrogen (secondary N) is 2. The average molecular weight is 490 g/mol. The fraction of sp³-hybridized carbons (Fsp3) is 0.0690. The molecule has 0 radical (unpaired) electrons. The molecule has 2 N–H and O–H groups in total. The lowest BCUT2D eigenvalue weighted by Gasteiger charge is -2.09. The van der Waals surface area contributed by atoms with Crippen molar-refractivity contribution in [3.05, 3.63) is 120 Å². The van der Waals surface area contributed by atoms with Crippen molar-refractivity contribution in [1.82, 2.24) is 20.5 Å². The third-order valence-corrected chi connectivity index (χ3v) is 5.66. The van der Waals surface area contributed by atoms with Crippen molar-refractivity contribution in [3.63, 3.8) is 0 Å². The number of aromatic nitrogens is 3. The molecule has 37 heavy (non-hydrogen) atoms. The molecule has 3 aromatic carbocycles. The third-order valence-electron chi connectivity index (χ3n) is 5.66. The minimum absolute atomic E-state index is 0.254. The third kappa shape index (κ3) is 5.76. The summed E-state index contributed by atoms with van der Waals surface area (Å²) in [4.78, 5) is 29.5. The van der Waals surface area contributed by atoms with Crippen molar-refractivity contribution in [3.8, 4) is 22.9 Å². The van der Waals surface area contributed by atoms with Gasteiger partial charge in [-0.3, -0.25) is 14.6 Å². The van der Waals surface area contributed by atoms with E-state index >= 15 is 0 Å². The minimum Gasteiger partial charge on any atom is -0.416 e. The Balaban J connectivity index is 1.22. The van der Waals surface area contributed by atoms with Crippen LogP contribution in [0.5, 0.6) is 0 Å². The highest BCUT2D eigenvalue weighted by Gasteiger charge is 2.13. The summed E-state index contributed by atoms with van der Waals surface area (Å²) in [6.45, 7) is 2.33. The van der Waals surface area contributed by atoms with Crippen LogP contribution in [0.1, 0.15) is 32.0 Å². The van der Waals surface area contributed by atoms with Crippen molar-refractivity contribution in [2.24, 2.45) is 0 Å². The fourth-order valence-electron chi connectivity index (χ4n) is 3.63. The molecule has 2 aromatic heterocycles.